The highest BCUT2D eigenvalue weighted by molar-refractivity contribution is 5.94. The number of nitrogen functional groups attached to an aromatic ring is 1. The fourth-order valence-corrected chi connectivity index (χ4v) is 3.30. The van der Waals surface area contributed by atoms with E-state index in [-0.39, 0.29) is 18.3 Å². The van der Waals surface area contributed by atoms with Gasteiger partial charge in [0.25, 0.3) is 5.91 Å². The average molecular weight is 397 g/mol. The minimum Gasteiger partial charge on any atom is -0.399 e. The second-order valence-corrected chi connectivity index (χ2v) is 7.48. The fraction of sp³-hybridized carbons (Fsp3) is 0.696. The Kier molecular flexibility index (Phi) is 17.3. The maximum Gasteiger partial charge on any atom is 0.251 e. The zero-order chi connectivity index (χ0) is 18.9. The standard InChI is InChI=1S/C23H40N2O.ClH/c1-2-3-4-5-6-7-8-9-10-11-12-13-14-15-19-25-23(26)21-17-16-18-22(24)20-21;/h16-18,20H,2-15,19,24H2,1H3,(H,25,26);1H. The molecule has 0 aromatic heterocycles. The van der Waals surface area contributed by atoms with Gasteiger partial charge in [-0.15, -0.1) is 12.4 Å². The molecule has 0 heterocycles. The summed E-state index contributed by atoms with van der Waals surface area (Å²) in [6.45, 7) is 3.03. The summed E-state index contributed by atoms with van der Waals surface area (Å²) in [5.41, 5.74) is 6.98. The van der Waals surface area contributed by atoms with Crippen molar-refractivity contribution in [3.8, 4) is 0 Å². The number of carbonyl (C=O) groups excluding carboxylic acids is 1. The van der Waals surface area contributed by atoms with E-state index in [1.54, 1.807) is 18.2 Å². The van der Waals surface area contributed by atoms with Gasteiger partial charge in [-0.2, -0.15) is 0 Å². The molecule has 1 aromatic rings. The Morgan fingerprint density at radius 1 is 0.815 bits per heavy atom. The second-order valence-electron chi connectivity index (χ2n) is 7.48. The maximum absolute atomic E-state index is 12.0. The van der Waals surface area contributed by atoms with E-state index in [9.17, 15) is 4.79 Å². The summed E-state index contributed by atoms with van der Waals surface area (Å²) in [4.78, 5) is 12.0. The lowest BCUT2D eigenvalue weighted by Gasteiger charge is -2.06. The minimum atomic E-state index is -0.0213. The molecule has 0 aliphatic heterocycles. The minimum absolute atomic E-state index is 0. The Bertz CT molecular complexity index is 479. The largest absolute Gasteiger partial charge is 0.399 e. The predicted octanol–water partition coefficient (Wildman–Crippen LogP) is 6.90. The van der Waals surface area contributed by atoms with Crippen molar-refractivity contribution in [3.05, 3.63) is 29.8 Å². The highest BCUT2D eigenvalue weighted by Gasteiger charge is 2.04. The van der Waals surface area contributed by atoms with E-state index in [4.69, 9.17) is 5.73 Å². The molecule has 156 valence electrons. The van der Waals surface area contributed by atoms with Crippen LogP contribution in [0, 0.1) is 0 Å². The molecule has 0 bridgehead atoms. The summed E-state index contributed by atoms with van der Waals surface area (Å²) < 4.78 is 0. The molecule has 3 N–H and O–H groups in total. The third-order valence-electron chi connectivity index (χ3n) is 4.96. The molecule has 0 atom stereocenters. The van der Waals surface area contributed by atoms with Crippen LogP contribution in [0.3, 0.4) is 0 Å². The monoisotopic (exact) mass is 396 g/mol. The number of hydrogen-bond donors (Lipinski definition) is 2. The van der Waals surface area contributed by atoms with Crippen molar-refractivity contribution < 1.29 is 4.79 Å². The molecule has 0 radical (unpaired) electrons. The van der Waals surface area contributed by atoms with Gasteiger partial charge in [0.2, 0.25) is 0 Å². The van der Waals surface area contributed by atoms with Crippen molar-refractivity contribution in [3.63, 3.8) is 0 Å². The van der Waals surface area contributed by atoms with Crippen LogP contribution < -0.4 is 11.1 Å². The summed E-state index contributed by atoms with van der Waals surface area (Å²) in [6.07, 6.45) is 18.9. The third-order valence-corrected chi connectivity index (χ3v) is 4.96. The SMILES string of the molecule is CCCCCCCCCCCCCCCCNC(=O)c1cccc(N)c1.Cl. The van der Waals surface area contributed by atoms with Gasteiger partial charge >= 0.3 is 0 Å². The van der Waals surface area contributed by atoms with Gasteiger partial charge in [0.05, 0.1) is 0 Å². The number of anilines is 1. The number of amides is 1. The van der Waals surface area contributed by atoms with Crippen LogP contribution in [0.25, 0.3) is 0 Å². The smallest absolute Gasteiger partial charge is 0.251 e. The van der Waals surface area contributed by atoms with E-state index in [0.717, 1.165) is 13.0 Å². The predicted molar refractivity (Wildman–Crippen MR) is 121 cm³/mol. The quantitative estimate of drug-likeness (QED) is 0.236. The molecule has 1 amide bonds. The first-order chi connectivity index (χ1) is 12.7. The molecule has 3 nitrogen and oxygen atoms in total. The first-order valence-electron chi connectivity index (χ1n) is 10.9. The van der Waals surface area contributed by atoms with Gasteiger partial charge in [-0.1, -0.05) is 96.5 Å². The first-order valence-corrected chi connectivity index (χ1v) is 10.9. The molecule has 4 heteroatoms. The summed E-state index contributed by atoms with van der Waals surface area (Å²) in [6, 6.07) is 7.14. The van der Waals surface area contributed by atoms with Gasteiger partial charge in [-0.25, -0.2) is 0 Å². The van der Waals surface area contributed by atoms with Crippen molar-refractivity contribution in [1.29, 1.82) is 0 Å². The molecule has 1 rings (SSSR count). The van der Waals surface area contributed by atoms with Gasteiger partial charge < -0.3 is 11.1 Å². The molecule has 0 unspecified atom stereocenters. The Labute approximate surface area is 173 Å². The molecule has 0 aliphatic rings. The molecular weight excluding hydrogens is 356 g/mol. The first kappa shape index (κ1) is 25.8. The van der Waals surface area contributed by atoms with Gasteiger partial charge in [0.15, 0.2) is 0 Å². The van der Waals surface area contributed by atoms with Crippen molar-refractivity contribution in [1.82, 2.24) is 5.32 Å². The normalized spacial score (nSPS) is 10.4. The van der Waals surface area contributed by atoms with Crippen molar-refractivity contribution in [2.24, 2.45) is 0 Å². The molecule has 1 aromatic carbocycles. The number of unbranched alkanes of at least 4 members (excludes halogenated alkanes) is 13. The fourth-order valence-electron chi connectivity index (χ4n) is 3.30. The summed E-state index contributed by atoms with van der Waals surface area (Å²) >= 11 is 0. The molecule has 27 heavy (non-hydrogen) atoms. The lowest BCUT2D eigenvalue weighted by Crippen LogP contribution is -2.24. The van der Waals surface area contributed by atoms with Crippen LogP contribution >= 0.6 is 12.4 Å². The average Bonchev–Trinajstić information content (AvgIpc) is 2.64. The molecule has 0 saturated carbocycles. The number of nitrogens with one attached hydrogen (secondary N) is 1. The van der Waals surface area contributed by atoms with Crippen LogP contribution in [0.2, 0.25) is 0 Å². The summed E-state index contributed by atoms with van der Waals surface area (Å²) in [5, 5.41) is 2.98. The number of benzene rings is 1. The van der Waals surface area contributed by atoms with E-state index >= 15 is 0 Å². The third kappa shape index (κ3) is 14.5. The van der Waals surface area contributed by atoms with Crippen LogP contribution in [0.15, 0.2) is 24.3 Å². The van der Waals surface area contributed by atoms with Crippen LogP contribution in [0.4, 0.5) is 5.69 Å². The van der Waals surface area contributed by atoms with Crippen LogP contribution in [0.1, 0.15) is 107 Å². The zero-order valence-electron chi connectivity index (χ0n) is 17.3. The molecular formula is C23H41ClN2O. The van der Waals surface area contributed by atoms with Crippen LogP contribution in [-0.2, 0) is 0 Å². The van der Waals surface area contributed by atoms with E-state index in [1.807, 2.05) is 6.07 Å². The van der Waals surface area contributed by atoms with E-state index < -0.39 is 0 Å². The van der Waals surface area contributed by atoms with Crippen molar-refractivity contribution in [2.45, 2.75) is 96.8 Å². The second kappa shape index (κ2) is 18.2. The Balaban J connectivity index is 0.00000676. The van der Waals surface area contributed by atoms with Gasteiger partial charge in [-0.3, -0.25) is 4.79 Å². The number of carbonyl (C=O) groups is 1. The van der Waals surface area contributed by atoms with Crippen molar-refractivity contribution in [2.75, 3.05) is 12.3 Å². The van der Waals surface area contributed by atoms with E-state index in [2.05, 4.69) is 12.2 Å². The molecule has 0 spiro atoms. The van der Waals surface area contributed by atoms with Crippen molar-refractivity contribution >= 4 is 24.0 Å². The number of rotatable bonds is 16. The molecule has 0 fully saturated rings. The summed E-state index contributed by atoms with van der Waals surface area (Å²) in [7, 11) is 0. The topological polar surface area (TPSA) is 55.1 Å². The number of nitrogens with two attached hydrogens (primary N) is 1. The Morgan fingerprint density at radius 2 is 1.30 bits per heavy atom. The Morgan fingerprint density at radius 3 is 1.78 bits per heavy atom. The maximum atomic E-state index is 12.0. The van der Waals surface area contributed by atoms with Gasteiger partial charge in [0.1, 0.15) is 0 Å². The Hall–Kier alpha value is -1.22. The highest BCUT2D eigenvalue weighted by Crippen LogP contribution is 2.13. The van der Waals surface area contributed by atoms with Crippen LogP contribution in [0.5, 0.6) is 0 Å². The lowest BCUT2D eigenvalue weighted by atomic mass is 10.0. The van der Waals surface area contributed by atoms with Crippen LogP contribution in [-0.4, -0.2) is 12.5 Å². The number of halogens is 1. The zero-order valence-corrected chi connectivity index (χ0v) is 18.1. The van der Waals surface area contributed by atoms with Gasteiger partial charge in [0, 0.05) is 17.8 Å². The number of hydrogen-bond acceptors (Lipinski definition) is 2. The molecule has 0 saturated heterocycles. The lowest BCUT2D eigenvalue weighted by molar-refractivity contribution is 0.0953. The highest BCUT2D eigenvalue weighted by atomic mass is 35.5. The van der Waals surface area contributed by atoms with Gasteiger partial charge in [-0.05, 0) is 24.6 Å². The van der Waals surface area contributed by atoms with E-state index in [1.165, 1.54) is 83.5 Å². The van der Waals surface area contributed by atoms with E-state index in [0.29, 0.717) is 11.3 Å². The summed E-state index contributed by atoms with van der Waals surface area (Å²) in [5.74, 6) is -0.0213. The molecule has 0 aliphatic carbocycles.